The van der Waals surface area contributed by atoms with E-state index < -0.39 is 12.0 Å². The van der Waals surface area contributed by atoms with Gasteiger partial charge in [0.1, 0.15) is 11.8 Å². The Bertz CT molecular complexity index is 1400. The summed E-state index contributed by atoms with van der Waals surface area (Å²) in [6, 6.07) is 14.0. The normalized spacial score (nSPS) is 15.8. The van der Waals surface area contributed by atoms with Crippen molar-refractivity contribution in [3.63, 3.8) is 0 Å². The van der Waals surface area contributed by atoms with Crippen molar-refractivity contribution in [2.24, 2.45) is 4.99 Å². The predicted octanol–water partition coefficient (Wildman–Crippen LogP) is 3.85. The molecule has 33 heavy (non-hydrogen) atoms. The van der Waals surface area contributed by atoms with Crippen LogP contribution in [0.3, 0.4) is 0 Å². The highest BCUT2D eigenvalue weighted by Gasteiger charge is 2.34. The summed E-state index contributed by atoms with van der Waals surface area (Å²) in [5.74, 6) is 0.258. The second-order valence-electron chi connectivity index (χ2n) is 7.33. The highest BCUT2D eigenvalue weighted by molar-refractivity contribution is 7.07. The lowest BCUT2D eigenvalue weighted by molar-refractivity contribution is -0.139. The maximum Gasteiger partial charge on any atom is 0.338 e. The van der Waals surface area contributed by atoms with Gasteiger partial charge >= 0.3 is 5.97 Å². The van der Waals surface area contributed by atoms with Gasteiger partial charge in [-0.05, 0) is 56.2 Å². The lowest BCUT2D eigenvalue weighted by atomic mass is 9.96. The van der Waals surface area contributed by atoms with Crippen molar-refractivity contribution >= 4 is 35.0 Å². The topological polar surface area (TPSA) is 69.9 Å². The Labute approximate surface area is 200 Å². The lowest BCUT2D eigenvalue weighted by Gasteiger charge is -2.25. The molecule has 0 amide bonds. The molecular formula is C25H23ClN2O4S. The smallest absolute Gasteiger partial charge is 0.338 e. The van der Waals surface area contributed by atoms with Gasteiger partial charge in [-0.2, -0.15) is 0 Å². The summed E-state index contributed by atoms with van der Waals surface area (Å²) in [6.07, 6.45) is 1.81. The molecule has 0 saturated carbocycles. The number of allylic oxidation sites excluding steroid dienone is 1. The number of fused-ring (bicyclic) bond motifs is 1. The number of ether oxygens (including phenoxy) is 2. The van der Waals surface area contributed by atoms with E-state index in [1.165, 1.54) is 15.9 Å². The van der Waals surface area contributed by atoms with Gasteiger partial charge in [0, 0.05) is 5.02 Å². The number of rotatable bonds is 6. The van der Waals surface area contributed by atoms with E-state index in [1.807, 2.05) is 55.5 Å². The van der Waals surface area contributed by atoms with Crippen molar-refractivity contribution in [3.8, 4) is 5.75 Å². The second-order valence-corrected chi connectivity index (χ2v) is 8.74. The van der Waals surface area contributed by atoms with E-state index in [0.29, 0.717) is 37.8 Å². The third-order valence-corrected chi connectivity index (χ3v) is 6.53. The van der Waals surface area contributed by atoms with Crippen LogP contribution >= 0.6 is 22.9 Å². The Hall–Kier alpha value is -3.16. The van der Waals surface area contributed by atoms with Crippen molar-refractivity contribution in [3.05, 3.63) is 95.6 Å². The fraction of sp³-hybridized carbons (Fsp3) is 0.240. The summed E-state index contributed by atoms with van der Waals surface area (Å²) < 4.78 is 12.8. The van der Waals surface area contributed by atoms with Crippen LogP contribution in [0.25, 0.3) is 6.08 Å². The molecule has 6 nitrogen and oxygen atoms in total. The van der Waals surface area contributed by atoms with Crippen molar-refractivity contribution in [2.45, 2.75) is 26.8 Å². The van der Waals surface area contributed by atoms with Gasteiger partial charge in [0.05, 0.1) is 29.0 Å². The molecule has 0 N–H and O–H groups in total. The molecule has 2 aromatic carbocycles. The number of hydrogen-bond donors (Lipinski definition) is 0. The van der Waals surface area contributed by atoms with E-state index in [0.717, 1.165) is 11.3 Å². The van der Waals surface area contributed by atoms with Gasteiger partial charge in [0.2, 0.25) is 0 Å². The summed E-state index contributed by atoms with van der Waals surface area (Å²) in [7, 11) is 0. The number of thiazole rings is 1. The van der Waals surface area contributed by atoms with Crippen molar-refractivity contribution in [1.29, 1.82) is 0 Å². The maximum absolute atomic E-state index is 13.6. The average Bonchev–Trinajstić information content (AvgIpc) is 3.09. The number of esters is 1. The molecule has 170 valence electrons. The van der Waals surface area contributed by atoms with E-state index in [2.05, 4.69) is 4.99 Å². The first-order valence-electron chi connectivity index (χ1n) is 10.6. The van der Waals surface area contributed by atoms with E-state index in [-0.39, 0.29) is 12.2 Å². The van der Waals surface area contributed by atoms with Gasteiger partial charge in [-0.1, -0.05) is 53.3 Å². The molecule has 3 aromatic rings. The monoisotopic (exact) mass is 482 g/mol. The third-order valence-electron chi connectivity index (χ3n) is 5.21. The van der Waals surface area contributed by atoms with Gasteiger partial charge < -0.3 is 9.47 Å². The first kappa shape index (κ1) is 23.0. The molecule has 0 unspecified atom stereocenters. The van der Waals surface area contributed by atoms with Crippen LogP contribution in [-0.4, -0.2) is 23.8 Å². The molecule has 0 spiro atoms. The van der Waals surface area contributed by atoms with Crippen LogP contribution in [0.5, 0.6) is 5.75 Å². The summed E-state index contributed by atoms with van der Waals surface area (Å²) in [5, 5.41) is 0.458. The molecule has 0 saturated heterocycles. The molecule has 8 heteroatoms. The summed E-state index contributed by atoms with van der Waals surface area (Å²) in [5.41, 5.74) is 2.08. The molecular weight excluding hydrogens is 460 g/mol. The molecule has 1 atom stereocenters. The summed E-state index contributed by atoms with van der Waals surface area (Å²) in [4.78, 5) is 31.5. The van der Waals surface area contributed by atoms with Crippen LogP contribution in [0.4, 0.5) is 0 Å². The minimum atomic E-state index is -0.725. The van der Waals surface area contributed by atoms with Crippen molar-refractivity contribution in [2.75, 3.05) is 13.2 Å². The predicted molar refractivity (Wildman–Crippen MR) is 129 cm³/mol. The minimum absolute atomic E-state index is 0.215. The van der Waals surface area contributed by atoms with Gasteiger partial charge in [0.25, 0.3) is 5.56 Å². The SMILES string of the molecule is CCOC(=O)C1=C(C)N=c2s/c(=C\c3ccc(OCC)cc3)c(=O)n2[C@@H]1c1ccccc1Cl. The quantitative estimate of drug-likeness (QED) is 0.500. The molecule has 0 radical (unpaired) electrons. The van der Waals surface area contributed by atoms with Crippen LogP contribution in [0.2, 0.25) is 5.02 Å². The van der Waals surface area contributed by atoms with E-state index in [9.17, 15) is 9.59 Å². The largest absolute Gasteiger partial charge is 0.494 e. The maximum atomic E-state index is 13.6. The standard InChI is InChI=1S/C25H23ClN2O4S/c1-4-31-17-12-10-16(11-13-17)14-20-23(29)28-22(18-8-6-7-9-19(18)26)21(24(30)32-5-2)15(3)27-25(28)33-20/h6-14,22H,4-5H2,1-3H3/b20-14-/t22-/m1/s1. The van der Waals surface area contributed by atoms with Gasteiger partial charge in [-0.15, -0.1) is 0 Å². The highest BCUT2D eigenvalue weighted by Crippen LogP contribution is 2.34. The summed E-state index contributed by atoms with van der Waals surface area (Å²) in [6.45, 7) is 6.22. The van der Waals surface area contributed by atoms with E-state index in [1.54, 1.807) is 19.9 Å². The number of benzene rings is 2. The summed E-state index contributed by atoms with van der Waals surface area (Å²) >= 11 is 7.79. The third kappa shape index (κ3) is 4.51. The Balaban J connectivity index is 1.90. The first-order valence-corrected chi connectivity index (χ1v) is 11.8. The molecule has 1 aliphatic rings. The molecule has 4 rings (SSSR count). The van der Waals surface area contributed by atoms with Gasteiger partial charge in [-0.3, -0.25) is 9.36 Å². The fourth-order valence-corrected chi connectivity index (χ4v) is 5.05. The van der Waals surface area contributed by atoms with E-state index >= 15 is 0 Å². The van der Waals surface area contributed by atoms with Crippen LogP contribution in [0.15, 0.2) is 69.6 Å². The molecule has 1 aromatic heterocycles. The number of carbonyl (C=O) groups excluding carboxylic acids is 1. The molecule has 2 heterocycles. The molecule has 0 bridgehead atoms. The van der Waals surface area contributed by atoms with Crippen molar-refractivity contribution < 1.29 is 14.3 Å². The zero-order valence-corrected chi connectivity index (χ0v) is 20.1. The highest BCUT2D eigenvalue weighted by atomic mass is 35.5. The number of nitrogens with zero attached hydrogens (tertiary/aromatic N) is 2. The second kappa shape index (κ2) is 9.77. The average molecular weight is 483 g/mol. The van der Waals surface area contributed by atoms with Crippen LogP contribution < -0.4 is 19.6 Å². The zero-order valence-electron chi connectivity index (χ0n) is 18.5. The number of hydrogen-bond acceptors (Lipinski definition) is 6. The van der Waals surface area contributed by atoms with Gasteiger partial charge in [-0.25, -0.2) is 9.79 Å². The Morgan fingerprint density at radius 3 is 2.55 bits per heavy atom. The minimum Gasteiger partial charge on any atom is -0.494 e. The van der Waals surface area contributed by atoms with Crippen LogP contribution in [-0.2, 0) is 9.53 Å². The zero-order chi connectivity index (χ0) is 23.5. The Kier molecular flexibility index (Phi) is 6.81. The van der Waals surface area contributed by atoms with Crippen molar-refractivity contribution in [1.82, 2.24) is 4.57 Å². The number of halogens is 1. The first-order chi connectivity index (χ1) is 15.9. The molecule has 0 fully saturated rings. The fourth-order valence-electron chi connectivity index (χ4n) is 3.76. The number of aromatic nitrogens is 1. The van der Waals surface area contributed by atoms with E-state index in [4.69, 9.17) is 21.1 Å². The number of carbonyl (C=O) groups is 1. The molecule has 1 aliphatic heterocycles. The molecule has 0 aliphatic carbocycles. The van der Waals surface area contributed by atoms with Gasteiger partial charge in [0.15, 0.2) is 4.80 Å². The van der Waals surface area contributed by atoms with Crippen LogP contribution in [0, 0.1) is 0 Å². The lowest BCUT2D eigenvalue weighted by Crippen LogP contribution is -2.40. The Morgan fingerprint density at radius 1 is 1.15 bits per heavy atom. The Morgan fingerprint density at radius 2 is 1.88 bits per heavy atom. The van der Waals surface area contributed by atoms with Crippen LogP contribution in [0.1, 0.15) is 37.9 Å².